The molecule has 170 valence electrons. The molecule has 0 bridgehead atoms. The lowest BCUT2D eigenvalue weighted by molar-refractivity contribution is -0.140. The lowest BCUT2D eigenvalue weighted by atomic mass is 9.83. The number of benzene rings is 3. The molecule has 2 heterocycles. The Bertz CT molecular complexity index is 1300. The number of nitrogens with zero attached hydrogens (tertiary/aromatic N) is 2. The first-order valence-electron chi connectivity index (χ1n) is 10.8. The van der Waals surface area contributed by atoms with Crippen molar-refractivity contribution in [2.75, 3.05) is 7.11 Å². The van der Waals surface area contributed by atoms with E-state index in [0.717, 1.165) is 11.1 Å². The number of ether oxygens (including phenoxy) is 3. The third-order valence-corrected chi connectivity index (χ3v) is 5.95. The zero-order chi connectivity index (χ0) is 23.7. The van der Waals surface area contributed by atoms with Crippen LogP contribution in [0.5, 0.6) is 11.5 Å². The van der Waals surface area contributed by atoms with Crippen LogP contribution in [0.1, 0.15) is 29.7 Å². The van der Waals surface area contributed by atoms with Gasteiger partial charge in [0, 0.05) is 11.8 Å². The van der Waals surface area contributed by atoms with Gasteiger partial charge in [-0.15, -0.1) is 0 Å². The topological polar surface area (TPSA) is 77.4 Å². The molecule has 3 aromatic carbocycles. The summed E-state index contributed by atoms with van der Waals surface area (Å²) in [5.41, 5.74) is 0.898. The summed E-state index contributed by atoms with van der Waals surface area (Å²) in [5.74, 6) is 0.724. The summed E-state index contributed by atoms with van der Waals surface area (Å²) < 4.78 is 16.4. The van der Waals surface area contributed by atoms with Crippen molar-refractivity contribution in [3.8, 4) is 11.5 Å². The van der Waals surface area contributed by atoms with Crippen molar-refractivity contribution in [1.29, 1.82) is 0 Å². The van der Waals surface area contributed by atoms with Crippen LogP contribution in [0.4, 0.5) is 4.79 Å². The average Bonchev–Trinajstić information content (AvgIpc) is 3.18. The lowest BCUT2D eigenvalue weighted by Gasteiger charge is -2.38. The van der Waals surface area contributed by atoms with E-state index >= 15 is 0 Å². The first kappa shape index (κ1) is 21.5. The van der Waals surface area contributed by atoms with E-state index in [4.69, 9.17) is 19.2 Å². The molecule has 7 nitrogen and oxygen atoms in total. The highest BCUT2D eigenvalue weighted by atomic mass is 16.6. The Kier molecular flexibility index (Phi) is 5.37. The Balaban J connectivity index is 1.55. The smallest absolute Gasteiger partial charge is 0.419 e. The SMILES string of the molecule is COc1ccc(C2=N[C@@](C)([C@@H]3c4ccccc4C=CN3C(=O)Oc3ccccc3)C(=O)O2)cc1. The summed E-state index contributed by atoms with van der Waals surface area (Å²) in [4.78, 5) is 32.6. The van der Waals surface area contributed by atoms with E-state index in [1.807, 2.05) is 36.4 Å². The summed E-state index contributed by atoms with van der Waals surface area (Å²) >= 11 is 0. The summed E-state index contributed by atoms with van der Waals surface area (Å²) in [6.07, 6.45) is 2.82. The van der Waals surface area contributed by atoms with Gasteiger partial charge in [0.25, 0.3) is 0 Å². The minimum atomic E-state index is -1.40. The molecular weight excluding hydrogens is 432 g/mol. The highest BCUT2D eigenvalue weighted by molar-refractivity contribution is 6.08. The van der Waals surface area contributed by atoms with Crippen LogP contribution in [-0.2, 0) is 9.53 Å². The van der Waals surface area contributed by atoms with E-state index in [0.29, 0.717) is 17.1 Å². The van der Waals surface area contributed by atoms with Crippen LogP contribution < -0.4 is 9.47 Å². The van der Waals surface area contributed by atoms with Gasteiger partial charge >= 0.3 is 12.1 Å². The number of rotatable bonds is 4. The van der Waals surface area contributed by atoms with Gasteiger partial charge in [-0.2, -0.15) is 0 Å². The molecule has 2 aliphatic heterocycles. The Morgan fingerprint density at radius 3 is 2.41 bits per heavy atom. The highest BCUT2D eigenvalue weighted by Crippen LogP contribution is 2.43. The van der Waals surface area contributed by atoms with Crippen LogP contribution in [0.25, 0.3) is 6.08 Å². The monoisotopic (exact) mass is 454 g/mol. The number of carbonyl (C=O) groups is 2. The standard InChI is InChI=1S/C27H22N2O5/c1-27(25(30)34-24(28-27)19-12-14-20(32-2)15-13-19)23-22-11-7-6-8-18(22)16-17-29(23)26(31)33-21-9-4-3-5-10-21/h3-17,23H,1-2H3/t23-,27-/m0/s1. The maximum absolute atomic E-state index is 13.3. The molecule has 0 saturated heterocycles. The number of amides is 1. The molecule has 0 spiro atoms. The molecule has 3 aromatic rings. The molecule has 0 aromatic heterocycles. The number of methoxy groups -OCH3 is 1. The second-order valence-electron chi connectivity index (χ2n) is 8.12. The number of aliphatic imine (C=N–C) groups is 1. The van der Waals surface area contributed by atoms with Gasteiger partial charge in [0.05, 0.1) is 7.11 Å². The summed E-state index contributed by atoms with van der Waals surface area (Å²) in [6.45, 7) is 1.68. The molecule has 34 heavy (non-hydrogen) atoms. The van der Waals surface area contributed by atoms with Crippen molar-refractivity contribution in [1.82, 2.24) is 4.90 Å². The van der Waals surface area contributed by atoms with Crippen LogP contribution in [0.15, 0.2) is 90.1 Å². The minimum Gasteiger partial charge on any atom is -0.497 e. The normalized spacial score (nSPS) is 20.9. The third kappa shape index (κ3) is 3.71. The Labute approximate surface area is 196 Å². The molecule has 0 unspecified atom stereocenters. The molecule has 2 aliphatic rings. The third-order valence-electron chi connectivity index (χ3n) is 5.95. The van der Waals surface area contributed by atoms with Crippen molar-refractivity contribution < 1.29 is 23.8 Å². The van der Waals surface area contributed by atoms with Gasteiger partial charge in [-0.05, 0) is 60.5 Å². The maximum atomic E-state index is 13.3. The first-order chi connectivity index (χ1) is 16.5. The molecule has 7 heteroatoms. The summed E-state index contributed by atoms with van der Waals surface area (Å²) in [6, 6.07) is 22.7. The molecule has 0 radical (unpaired) electrons. The molecule has 5 rings (SSSR count). The summed E-state index contributed by atoms with van der Waals surface area (Å²) in [5, 5.41) is 0. The maximum Gasteiger partial charge on any atom is 0.419 e. The fourth-order valence-electron chi connectivity index (χ4n) is 4.19. The van der Waals surface area contributed by atoms with E-state index in [-0.39, 0.29) is 5.90 Å². The number of para-hydroxylation sites is 1. The van der Waals surface area contributed by atoms with Gasteiger partial charge in [-0.1, -0.05) is 42.5 Å². The number of cyclic esters (lactones) is 1. The van der Waals surface area contributed by atoms with Crippen LogP contribution >= 0.6 is 0 Å². The number of hydrogen-bond acceptors (Lipinski definition) is 6. The molecule has 0 aliphatic carbocycles. The van der Waals surface area contributed by atoms with Crippen molar-refractivity contribution >= 4 is 24.0 Å². The zero-order valence-electron chi connectivity index (χ0n) is 18.7. The molecule has 0 fully saturated rings. The second-order valence-corrected chi connectivity index (χ2v) is 8.12. The van der Waals surface area contributed by atoms with Crippen molar-refractivity contribution in [3.05, 3.63) is 102 Å². The molecule has 2 atom stereocenters. The number of fused-ring (bicyclic) bond motifs is 1. The minimum absolute atomic E-state index is 0.193. The van der Waals surface area contributed by atoms with Gasteiger partial charge in [-0.3, -0.25) is 4.90 Å². The predicted octanol–water partition coefficient (Wildman–Crippen LogP) is 4.98. The van der Waals surface area contributed by atoms with E-state index in [9.17, 15) is 9.59 Å². The van der Waals surface area contributed by atoms with E-state index in [1.165, 1.54) is 4.90 Å². The van der Waals surface area contributed by atoms with Crippen molar-refractivity contribution in [2.45, 2.75) is 18.5 Å². The number of carbonyl (C=O) groups excluding carboxylic acids is 2. The average molecular weight is 454 g/mol. The Hall–Kier alpha value is -4.39. The fraction of sp³-hybridized carbons (Fsp3) is 0.148. The van der Waals surface area contributed by atoms with Gasteiger partial charge in [0.2, 0.25) is 5.90 Å². The summed E-state index contributed by atoms with van der Waals surface area (Å²) in [7, 11) is 1.58. The number of esters is 1. The largest absolute Gasteiger partial charge is 0.497 e. The lowest BCUT2D eigenvalue weighted by Crippen LogP contribution is -2.49. The molecule has 0 N–H and O–H groups in total. The first-order valence-corrected chi connectivity index (χ1v) is 10.8. The molecular formula is C27H22N2O5. The fourth-order valence-corrected chi connectivity index (χ4v) is 4.19. The highest BCUT2D eigenvalue weighted by Gasteiger charge is 2.53. The van der Waals surface area contributed by atoms with Crippen LogP contribution in [0.3, 0.4) is 0 Å². The second kappa shape index (κ2) is 8.51. The van der Waals surface area contributed by atoms with E-state index in [1.54, 1.807) is 68.8 Å². The van der Waals surface area contributed by atoms with Crippen LogP contribution in [-0.4, -0.2) is 35.5 Å². The van der Waals surface area contributed by atoms with Crippen molar-refractivity contribution in [2.24, 2.45) is 4.99 Å². The molecule has 0 saturated carbocycles. The van der Waals surface area contributed by atoms with Gasteiger partial charge in [-0.25, -0.2) is 14.6 Å². The van der Waals surface area contributed by atoms with Gasteiger partial charge < -0.3 is 14.2 Å². The Morgan fingerprint density at radius 2 is 1.68 bits per heavy atom. The number of hydrogen-bond donors (Lipinski definition) is 0. The van der Waals surface area contributed by atoms with Gasteiger partial charge in [0.15, 0.2) is 5.54 Å². The van der Waals surface area contributed by atoms with E-state index in [2.05, 4.69) is 0 Å². The Morgan fingerprint density at radius 1 is 0.971 bits per heavy atom. The molecule has 1 amide bonds. The quantitative estimate of drug-likeness (QED) is 0.520. The van der Waals surface area contributed by atoms with Crippen LogP contribution in [0, 0.1) is 0 Å². The van der Waals surface area contributed by atoms with Crippen LogP contribution in [0.2, 0.25) is 0 Å². The predicted molar refractivity (Wildman–Crippen MR) is 127 cm³/mol. The van der Waals surface area contributed by atoms with Crippen molar-refractivity contribution in [3.63, 3.8) is 0 Å². The van der Waals surface area contributed by atoms with E-state index < -0.39 is 23.6 Å². The zero-order valence-corrected chi connectivity index (χ0v) is 18.7. The van der Waals surface area contributed by atoms with Gasteiger partial charge in [0.1, 0.15) is 17.5 Å².